The van der Waals surface area contributed by atoms with Gasteiger partial charge in [-0.3, -0.25) is 4.79 Å². The summed E-state index contributed by atoms with van der Waals surface area (Å²) in [4.78, 5) is 21.8. The van der Waals surface area contributed by atoms with Crippen LogP contribution in [-0.4, -0.2) is 22.9 Å². The minimum absolute atomic E-state index is 0.0463. The Balaban J connectivity index is 2.93. The van der Waals surface area contributed by atoms with Crippen LogP contribution in [0.1, 0.15) is 16.8 Å². The second-order valence-electron chi connectivity index (χ2n) is 2.97. The molecule has 1 aromatic rings. The van der Waals surface area contributed by atoms with Gasteiger partial charge < -0.3 is 15.5 Å². The lowest BCUT2D eigenvalue weighted by molar-refractivity contribution is -0.267. The third-order valence-electron chi connectivity index (χ3n) is 1.84. The molecule has 0 unspecified atom stereocenters. The molecule has 0 saturated carbocycles. The summed E-state index contributed by atoms with van der Waals surface area (Å²) in [5.41, 5.74) is -0.418. The van der Waals surface area contributed by atoms with Gasteiger partial charge in [-0.2, -0.15) is 0 Å². The van der Waals surface area contributed by atoms with Crippen molar-refractivity contribution >= 4 is 29.2 Å². The highest BCUT2D eigenvalue weighted by Crippen LogP contribution is 2.24. The molecule has 0 aliphatic rings. The Hall–Kier alpha value is -1.75. The number of hydrogen-bond donors (Lipinski definition) is 2. The summed E-state index contributed by atoms with van der Waals surface area (Å²) in [5, 5.41) is 22.5. The van der Waals surface area contributed by atoms with Gasteiger partial charge in [0.05, 0.1) is 5.56 Å². The van der Waals surface area contributed by atoms with Crippen molar-refractivity contribution in [3.8, 4) is 5.75 Å². The number of para-hydroxylation sites is 1. The maximum atomic E-state index is 11.5. The molecular weight excluding hydrogens is 234 g/mol. The molecule has 1 rings (SSSR count). The van der Waals surface area contributed by atoms with Gasteiger partial charge in [0, 0.05) is 18.0 Å². The van der Waals surface area contributed by atoms with Crippen LogP contribution in [0, 0.1) is 0 Å². The summed E-state index contributed by atoms with van der Waals surface area (Å²) in [7, 11) is 0. The van der Waals surface area contributed by atoms with Crippen LogP contribution in [-0.2, 0) is 4.79 Å². The molecule has 0 fully saturated rings. The van der Waals surface area contributed by atoms with Crippen molar-refractivity contribution < 1.29 is 19.8 Å². The van der Waals surface area contributed by atoms with Gasteiger partial charge in [-0.25, -0.2) is 4.79 Å². The lowest BCUT2D eigenvalue weighted by atomic mass is 10.1. The molecule has 0 heterocycles. The van der Waals surface area contributed by atoms with Gasteiger partial charge >= 0.3 is 5.97 Å². The van der Waals surface area contributed by atoms with Gasteiger partial charge in [0.1, 0.15) is 0 Å². The summed E-state index contributed by atoms with van der Waals surface area (Å²) in [6.45, 7) is 0. The molecule has 0 atom stereocenters. The van der Waals surface area contributed by atoms with Gasteiger partial charge in [0.25, 0.3) is 0 Å². The summed E-state index contributed by atoms with van der Waals surface area (Å²) in [6, 6.07) is 3.92. The van der Waals surface area contributed by atoms with Crippen molar-refractivity contribution in [3.63, 3.8) is 0 Å². The van der Waals surface area contributed by atoms with Crippen LogP contribution in [0.15, 0.2) is 18.2 Å². The van der Waals surface area contributed by atoms with Crippen molar-refractivity contribution in [2.45, 2.75) is 6.42 Å². The fourth-order valence-corrected chi connectivity index (χ4v) is 1.27. The highest BCUT2D eigenvalue weighted by molar-refractivity contribution is 6.19. The van der Waals surface area contributed by atoms with Crippen molar-refractivity contribution in [2.75, 3.05) is 11.2 Å². The van der Waals surface area contributed by atoms with Gasteiger partial charge in [0.2, 0.25) is 5.91 Å². The van der Waals surface area contributed by atoms with E-state index in [1.807, 2.05) is 0 Å². The number of halogens is 1. The Morgan fingerprint density at radius 2 is 2.12 bits per heavy atom. The molecule has 0 saturated heterocycles. The number of benzene rings is 1. The van der Waals surface area contributed by atoms with E-state index >= 15 is 0 Å². The number of hydrogen-bond acceptors (Lipinski definition) is 3. The topological polar surface area (TPSA) is 89.5 Å². The summed E-state index contributed by atoms with van der Waals surface area (Å²) in [6.07, 6.45) is 0.0678. The third kappa shape index (κ3) is 2.87. The van der Waals surface area contributed by atoms with Crippen molar-refractivity contribution in [1.82, 2.24) is 0 Å². The first kappa shape index (κ1) is 12.3. The lowest BCUT2D eigenvalue weighted by Gasteiger charge is -2.16. The number of carboxylic acid groups (broad SMARTS) is 1. The average Bonchev–Trinajstić information content (AvgIpc) is 2.21. The number of carbonyl (C=O) groups is 2. The highest BCUT2D eigenvalue weighted by atomic mass is 35.5. The first-order chi connectivity index (χ1) is 7.56. The molecule has 0 spiro atoms. The van der Waals surface area contributed by atoms with E-state index in [-0.39, 0.29) is 23.6 Å². The Morgan fingerprint density at radius 3 is 2.69 bits per heavy atom. The molecule has 1 aromatic carbocycles. The van der Waals surface area contributed by atoms with Gasteiger partial charge in [-0.15, -0.1) is 11.6 Å². The maximum Gasteiger partial charge on any atom is 0.335 e. The van der Waals surface area contributed by atoms with E-state index in [1.54, 1.807) is 0 Å². The van der Waals surface area contributed by atoms with E-state index in [0.29, 0.717) is 0 Å². The number of amides is 1. The number of carbonyl (C=O) groups excluding carboxylic acids is 1. The zero-order chi connectivity index (χ0) is 12.1. The SMILES string of the molecule is O=C(CCCl)Nc1cccc(C(=O)O)c1[O-]. The Morgan fingerprint density at radius 1 is 1.44 bits per heavy atom. The van der Waals surface area contributed by atoms with Crippen LogP contribution < -0.4 is 10.4 Å². The zero-order valence-corrected chi connectivity index (χ0v) is 8.95. The number of nitrogens with one attached hydrogen (secondary N) is 1. The lowest BCUT2D eigenvalue weighted by Crippen LogP contribution is -2.15. The van der Waals surface area contributed by atoms with Crippen LogP contribution in [0.2, 0.25) is 0 Å². The predicted molar refractivity (Wildman–Crippen MR) is 56.8 cm³/mol. The molecule has 16 heavy (non-hydrogen) atoms. The minimum atomic E-state index is -1.32. The predicted octanol–water partition coefficient (Wildman–Crippen LogP) is 1.03. The van der Waals surface area contributed by atoms with Gasteiger partial charge in [-0.05, 0) is 12.1 Å². The first-order valence-corrected chi connectivity index (χ1v) is 4.99. The molecule has 0 bridgehead atoms. The number of anilines is 1. The van der Waals surface area contributed by atoms with Crippen LogP contribution in [0.5, 0.6) is 5.75 Å². The van der Waals surface area contributed by atoms with Crippen molar-refractivity contribution in [3.05, 3.63) is 23.8 Å². The average molecular weight is 243 g/mol. The molecule has 6 heteroatoms. The summed E-state index contributed by atoms with van der Waals surface area (Å²) in [5.74, 6) is -2.32. The smallest absolute Gasteiger partial charge is 0.335 e. The number of alkyl halides is 1. The molecule has 5 nitrogen and oxygen atoms in total. The zero-order valence-electron chi connectivity index (χ0n) is 8.20. The fraction of sp³-hybridized carbons (Fsp3) is 0.200. The Kier molecular flexibility index (Phi) is 4.13. The van der Waals surface area contributed by atoms with E-state index in [2.05, 4.69) is 5.32 Å². The summed E-state index contributed by atoms with van der Waals surface area (Å²) < 4.78 is 0. The second kappa shape index (κ2) is 5.37. The molecule has 0 aliphatic carbocycles. The Bertz CT molecular complexity index is 419. The molecule has 2 N–H and O–H groups in total. The van der Waals surface area contributed by atoms with E-state index in [9.17, 15) is 14.7 Å². The van der Waals surface area contributed by atoms with Gasteiger partial charge in [0.15, 0.2) is 0 Å². The van der Waals surface area contributed by atoms with Crippen LogP contribution in [0.4, 0.5) is 5.69 Å². The highest BCUT2D eigenvalue weighted by Gasteiger charge is 2.08. The molecule has 0 radical (unpaired) electrons. The van der Waals surface area contributed by atoms with E-state index in [4.69, 9.17) is 16.7 Å². The van der Waals surface area contributed by atoms with E-state index in [1.165, 1.54) is 18.2 Å². The minimum Gasteiger partial charge on any atom is -0.870 e. The van der Waals surface area contributed by atoms with Crippen LogP contribution in [0.3, 0.4) is 0 Å². The molecule has 86 valence electrons. The van der Waals surface area contributed by atoms with E-state index < -0.39 is 17.6 Å². The Labute approximate surface area is 96.7 Å². The summed E-state index contributed by atoms with van der Waals surface area (Å²) >= 11 is 5.35. The first-order valence-electron chi connectivity index (χ1n) is 4.45. The molecule has 1 amide bonds. The fourth-order valence-electron chi connectivity index (χ4n) is 1.10. The van der Waals surface area contributed by atoms with Gasteiger partial charge in [-0.1, -0.05) is 11.8 Å². The van der Waals surface area contributed by atoms with E-state index in [0.717, 1.165) is 0 Å². The standard InChI is InChI=1S/C10H10ClNO4/c11-5-4-8(13)12-7-3-1-2-6(9(7)14)10(15)16/h1-3,14H,4-5H2,(H,12,13)(H,15,16)/p-1. The van der Waals surface area contributed by atoms with Crippen molar-refractivity contribution in [2.24, 2.45) is 0 Å². The maximum absolute atomic E-state index is 11.5. The van der Waals surface area contributed by atoms with Crippen molar-refractivity contribution in [1.29, 1.82) is 0 Å². The van der Waals surface area contributed by atoms with Crippen LogP contribution in [0.25, 0.3) is 0 Å². The molecule has 0 aromatic heterocycles. The quantitative estimate of drug-likeness (QED) is 0.772. The normalized spacial score (nSPS) is 9.81. The third-order valence-corrected chi connectivity index (χ3v) is 2.03. The second-order valence-corrected chi connectivity index (χ2v) is 3.35. The molecule has 0 aliphatic heterocycles. The largest absolute Gasteiger partial charge is 0.870 e. The number of carboxylic acids is 1. The number of aromatic carboxylic acids is 1. The monoisotopic (exact) mass is 242 g/mol. The number of rotatable bonds is 4. The molecular formula is C10H9ClNO4-. The van der Waals surface area contributed by atoms with Crippen LogP contribution >= 0.6 is 11.6 Å².